The van der Waals surface area contributed by atoms with E-state index in [4.69, 9.17) is 5.73 Å². The van der Waals surface area contributed by atoms with Crippen LogP contribution in [0.5, 0.6) is 0 Å². The highest BCUT2D eigenvalue weighted by Crippen LogP contribution is 2.22. The molecule has 0 atom stereocenters. The first-order valence-corrected chi connectivity index (χ1v) is 4.77. The maximum Gasteiger partial charge on any atom is 0.292 e. The number of rotatable bonds is 4. The number of hydrogen-bond acceptors (Lipinski definition) is 4. The molecule has 0 bridgehead atoms. The van der Waals surface area contributed by atoms with Crippen molar-refractivity contribution in [1.82, 2.24) is 5.32 Å². The maximum atomic E-state index is 10.6. The van der Waals surface area contributed by atoms with Gasteiger partial charge in [0, 0.05) is 18.7 Å². The lowest BCUT2D eigenvalue weighted by Gasteiger charge is -2.08. The smallest absolute Gasteiger partial charge is 0.292 e. The van der Waals surface area contributed by atoms with Crippen molar-refractivity contribution >= 4 is 11.4 Å². The molecule has 5 heteroatoms. The third kappa shape index (κ3) is 3.21. The van der Waals surface area contributed by atoms with E-state index in [1.165, 1.54) is 6.07 Å². The van der Waals surface area contributed by atoms with Crippen molar-refractivity contribution < 1.29 is 4.92 Å². The Kier molecular flexibility index (Phi) is 3.62. The standard InChI is InChI=1S/C10H15N3O2/c1-7(2)12-6-8-3-4-9(11)10(5-8)13(14)15/h3-5,7,12H,6,11H2,1-2H3. The zero-order valence-electron chi connectivity index (χ0n) is 8.86. The minimum atomic E-state index is -0.464. The highest BCUT2D eigenvalue weighted by Gasteiger charge is 2.11. The first-order valence-electron chi connectivity index (χ1n) is 4.77. The molecule has 0 amide bonds. The molecule has 3 N–H and O–H groups in total. The molecular formula is C10H15N3O2. The van der Waals surface area contributed by atoms with Crippen LogP contribution in [0.15, 0.2) is 18.2 Å². The monoisotopic (exact) mass is 209 g/mol. The van der Waals surface area contributed by atoms with Crippen molar-refractivity contribution in [3.8, 4) is 0 Å². The van der Waals surface area contributed by atoms with Gasteiger partial charge in [-0.2, -0.15) is 0 Å². The van der Waals surface area contributed by atoms with Gasteiger partial charge in [0.1, 0.15) is 5.69 Å². The summed E-state index contributed by atoms with van der Waals surface area (Å²) in [5.74, 6) is 0. The van der Waals surface area contributed by atoms with Gasteiger partial charge in [0.25, 0.3) is 5.69 Å². The second-order valence-electron chi connectivity index (χ2n) is 3.69. The van der Waals surface area contributed by atoms with Crippen molar-refractivity contribution in [2.24, 2.45) is 0 Å². The van der Waals surface area contributed by atoms with Crippen LogP contribution in [-0.4, -0.2) is 11.0 Å². The van der Waals surface area contributed by atoms with Gasteiger partial charge in [0.2, 0.25) is 0 Å². The zero-order valence-corrected chi connectivity index (χ0v) is 8.86. The summed E-state index contributed by atoms with van der Waals surface area (Å²) >= 11 is 0. The molecule has 0 radical (unpaired) electrons. The SMILES string of the molecule is CC(C)NCc1ccc(N)c([N+](=O)[O-])c1. The average Bonchev–Trinajstić information content (AvgIpc) is 2.16. The summed E-state index contributed by atoms with van der Waals surface area (Å²) in [5, 5.41) is 13.8. The Morgan fingerprint density at radius 1 is 1.53 bits per heavy atom. The van der Waals surface area contributed by atoms with E-state index in [1.54, 1.807) is 12.1 Å². The average molecular weight is 209 g/mol. The van der Waals surface area contributed by atoms with Crippen LogP contribution in [0.25, 0.3) is 0 Å². The summed E-state index contributed by atoms with van der Waals surface area (Å²) in [4.78, 5) is 10.2. The lowest BCUT2D eigenvalue weighted by molar-refractivity contribution is -0.384. The molecule has 0 unspecified atom stereocenters. The summed E-state index contributed by atoms with van der Waals surface area (Å²) in [6, 6.07) is 5.21. The van der Waals surface area contributed by atoms with E-state index in [2.05, 4.69) is 5.32 Å². The van der Waals surface area contributed by atoms with Gasteiger partial charge in [-0.05, 0) is 11.6 Å². The summed E-state index contributed by atoms with van der Waals surface area (Å²) in [6.45, 7) is 4.65. The van der Waals surface area contributed by atoms with Crippen molar-refractivity contribution in [1.29, 1.82) is 0 Å². The van der Waals surface area contributed by atoms with E-state index in [-0.39, 0.29) is 11.4 Å². The first kappa shape index (κ1) is 11.5. The van der Waals surface area contributed by atoms with Crippen LogP contribution in [0.3, 0.4) is 0 Å². The summed E-state index contributed by atoms with van der Waals surface area (Å²) < 4.78 is 0. The fraction of sp³-hybridized carbons (Fsp3) is 0.400. The molecule has 15 heavy (non-hydrogen) atoms. The van der Waals surface area contributed by atoms with Crippen molar-refractivity contribution in [3.63, 3.8) is 0 Å². The largest absolute Gasteiger partial charge is 0.393 e. The lowest BCUT2D eigenvalue weighted by Crippen LogP contribution is -2.21. The predicted octanol–water partition coefficient (Wildman–Crippen LogP) is 1.67. The molecule has 0 saturated carbocycles. The van der Waals surface area contributed by atoms with E-state index < -0.39 is 4.92 Å². The van der Waals surface area contributed by atoms with Crippen molar-refractivity contribution in [3.05, 3.63) is 33.9 Å². The number of nitrogen functional groups attached to an aromatic ring is 1. The van der Waals surface area contributed by atoms with E-state index in [1.807, 2.05) is 13.8 Å². The minimum Gasteiger partial charge on any atom is -0.393 e. The molecule has 0 saturated heterocycles. The summed E-state index contributed by atoms with van der Waals surface area (Å²) in [7, 11) is 0. The third-order valence-corrected chi connectivity index (χ3v) is 2.01. The molecule has 0 spiro atoms. The van der Waals surface area contributed by atoms with Crippen molar-refractivity contribution in [2.45, 2.75) is 26.4 Å². The Hall–Kier alpha value is -1.62. The van der Waals surface area contributed by atoms with Gasteiger partial charge < -0.3 is 11.1 Å². The number of benzene rings is 1. The molecule has 0 fully saturated rings. The van der Waals surface area contributed by atoms with E-state index in [0.29, 0.717) is 12.6 Å². The van der Waals surface area contributed by atoms with Crippen LogP contribution in [0.1, 0.15) is 19.4 Å². The van der Waals surface area contributed by atoms with E-state index >= 15 is 0 Å². The molecule has 1 rings (SSSR count). The van der Waals surface area contributed by atoms with Crippen LogP contribution >= 0.6 is 0 Å². The molecule has 0 aliphatic heterocycles. The van der Waals surface area contributed by atoms with Gasteiger partial charge in [0.05, 0.1) is 4.92 Å². The molecule has 0 heterocycles. The van der Waals surface area contributed by atoms with Crippen LogP contribution < -0.4 is 11.1 Å². The fourth-order valence-electron chi connectivity index (χ4n) is 1.18. The number of nitrogens with two attached hydrogens (primary N) is 1. The first-order chi connectivity index (χ1) is 7.00. The molecule has 0 aliphatic carbocycles. The minimum absolute atomic E-state index is 0.0296. The van der Waals surface area contributed by atoms with Crippen LogP contribution in [0, 0.1) is 10.1 Å². The van der Waals surface area contributed by atoms with Gasteiger partial charge >= 0.3 is 0 Å². The number of nitrogens with one attached hydrogen (secondary N) is 1. The molecule has 1 aromatic rings. The maximum absolute atomic E-state index is 10.6. The Morgan fingerprint density at radius 2 is 2.20 bits per heavy atom. The van der Waals surface area contributed by atoms with Gasteiger partial charge in [-0.3, -0.25) is 10.1 Å². The Bertz CT molecular complexity index is 364. The van der Waals surface area contributed by atoms with Gasteiger partial charge in [-0.15, -0.1) is 0 Å². The number of nitrogens with zero attached hydrogens (tertiary/aromatic N) is 1. The normalized spacial score (nSPS) is 10.6. The number of hydrogen-bond donors (Lipinski definition) is 2. The second kappa shape index (κ2) is 4.75. The Morgan fingerprint density at radius 3 is 2.73 bits per heavy atom. The van der Waals surface area contributed by atoms with Crippen molar-refractivity contribution in [2.75, 3.05) is 5.73 Å². The molecule has 82 valence electrons. The van der Waals surface area contributed by atoms with Crippen LogP contribution in [-0.2, 0) is 6.54 Å². The Balaban J connectivity index is 2.83. The molecule has 0 aliphatic rings. The molecular weight excluding hydrogens is 194 g/mol. The van der Waals surface area contributed by atoms with Gasteiger partial charge in [-0.1, -0.05) is 19.9 Å². The number of nitro groups is 1. The number of nitro benzene ring substituents is 1. The quantitative estimate of drug-likeness (QED) is 0.449. The number of anilines is 1. The van der Waals surface area contributed by atoms with Gasteiger partial charge in [-0.25, -0.2) is 0 Å². The summed E-state index contributed by atoms with van der Waals surface area (Å²) in [5.41, 5.74) is 6.52. The zero-order chi connectivity index (χ0) is 11.4. The second-order valence-corrected chi connectivity index (χ2v) is 3.69. The fourth-order valence-corrected chi connectivity index (χ4v) is 1.18. The topological polar surface area (TPSA) is 81.2 Å². The third-order valence-electron chi connectivity index (χ3n) is 2.01. The van der Waals surface area contributed by atoms with Crippen LogP contribution in [0.4, 0.5) is 11.4 Å². The highest BCUT2D eigenvalue weighted by atomic mass is 16.6. The Labute approximate surface area is 88.4 Å². The lowest BCUT2D eigenvalue weighted by atomic mass is 10.1. The van der Waals surface area contributed by atoms with E-state index in [0.717, 1.165) is 5.56 Å². The molecule has 0 aromatic heterocycles. The molecule has 1 aromatic carbocycles. The van der Waals surface area contributed by atoms with Crippen LogP contribution in [0.2, 0.25) is 0 Å². The summed E-state index contributed by atoms with van der Waals surface area (Å²) in [6.07, 6.45) is 0. The molecule has 5 nitrogen and oxygen atoms in total. The van der Waals surface area contributed by atoms with E-state index in [9.17, 15) is 10.1 Å². The predicted molar refractivity (Wildman–Crippen MR) is 59.5 cm³/mol. The van der Waals surface area contributed by atoms with Gasteiger partial charge in [0.15, 0.2) is 0 Å². The highest BCUT2D eigenvalue weighted by molar-refractivity contribution is 5.59.